The summed E-state index contributed by atoms with van der Waals surface area (Å²) in [5, 5.41) is 0.929. The topological polar surface area (TPSA) is 98.9 Å². The minimum atomic E-state index is 0.190. The molecule has 3 aromatic rings. The number of nitrogens with two attached hydrogens (primary N) is 1. The molecule has 0 saturated carbocycles. The van der Waals surface area contributed by atoms with E-state index in [2.05, 4.69) is 29.7 Å². The van der Waals surface area contributed by atoms with Crippen LogP contribution in [-0.2, 0) is 9.47 Å². The SMILES string of the molecule is COc1ccc(-c2ccc3c(N4CCOC[C@@H]4C)nc(N4CCOC[C@@H]4C)nc3n2)cc1N. The summed E-state index contributed by atoms with van der Waals surface area (Å²) in [6.07, 6.45) is 0. The van der Waals surface area contributed by atoms with Crippen LogP contribution in [0.5, 0.6) is 5.75 Å². The molecule has 5 rings (SSSR count). The number of hydrogen-bond acceptors (Lipinski definition) is 9. The van der Waals surface area contributed by atoms with Crippen LogP contribution in [0.15, 0.2) is 30.3 Å². The Kier molecular flexibility index (Phi) is 5.90. The first-order chi connectivity index (χ1) is 16.0. The van der Waals surface area contributed by atoms with Crippen molar-refractivity contribution in [1.29, 1.82) is 0 Å². The van der Waals surface area contributed by atoms with Gasteiger partial charge in [0.2, 0.25) is 5.95 Å². The fourth-order valence-corrected chi connectivity index (χ4v) is 4.45. The molecular weight excluding hydrogens is 420 g/mol. The lowest BCUT2D eigenvalue weighted by Gasteiger charge is -2.37. The molecule has 33 heavy (non-hydrogen) atoms. The summed E-state index contributed by atoms with van der Waals surface area (Å²) in [6, 6.07) is 10.2. The number of nitrogen functional groups attached to an aromatic ring is 1. The van der Waals surface area contributed by atoms with Crippen LogP contribution in [0.1, 0.15) is 13.8 Å². The molecule has 2 aliphatic rings. The van der Waals surface area contributed by atoms with Gasteiger partial charge in [-0.1, -0.05) is 0 Å². The van der Waals surface area contributed by atoms with E-state index in [1.807, 2.05) is 24.3 Å². The molecule has 2 atom stereocenters. The summed E-state index contributed by atoms with van der Waals surface area (Å²) >= 11 is 0. The van der Waals surface area contributed by atoms with Crippen molar-refractivity contribution < 1.29 is 14.2 Å². The van der Waals surface area contributed by atoms with Gasteiger partial charge in [-0.05, 0) is 44.2 Å². The van der Waals surface area contributed by atoms with E-state index in [1.54, 1.807) is 7.11 Å². The Balaban J connectivity index is 1.64. The molecule has 0 radical (unpaired) electrons. The van der Waals surface area contributed by atoms with Crippen molar-refractivity contribution in [1.82, 2.24) is 15.0 Å². The first-order valence-corrected chi connectivity index (χ1v) is 11.4. The van der Waals surface area contributed by atoms with E-state index in [0.29, 0.717) is 49.5 Å². The maximum absolute atomic E-state index is 6.14. The van der Waals surface area contributed by atoms with Gasteiger partial charge in [0.15, 0.2) is 5.65 Å². The van der Waals surface area contributed by atoms with Crippen molar-refractivity contribution in [3.8, 4) is 17.0 Å². The highest BCUT2D eigenvalue weighted by Gasteiger charge is 2.27. The molecule has 0 spiro atoms. The van der Waals surface area contributed by atoms with E-state index in [4.69, 9.17) is 34.9 Å². The summed E-state index contributed by atoms with van der Waals surface area (Å²) in [7, 11) is 1.61. The molecule has 0 aliphatic carbocycles. The van der Waals surface area contributed by atoms with Crippen molar-refractivity contribution in [2.45, 2.75) is 25.9 Å². The van der Waals surface area contributed by atoms with Gasteiger partial charge in [0.1, 0.15) is 11.6 Å². The molecule has 4 heterocycles. The normalized spacial score (nSPS) is 21.4. The van der Waals surface area contributed by atoms with Crippen LogP contribution in [0, 0.1) is 0 Å². The van der Waals surface area contributed by atoms with Gasteiger partial charge < -0.3 is 29.7 Å². The van der Waals surface area contributed by atoms with Gasteiger partial charge in [0.05, 0.1) is 62.4 Å². The average Bonchev–Trinajstić information content (AvgIpc) is 2.83. The zero-order chi connectivity index (χ0) is 22.9. The lowest BCUT2D eigenvalue weighted by molar-refractivity contribution is 0.0973. The highest BCUT2D eigenvalue weighted by Crippen LogP contribution is 2.32. The van der Waals surface area contributed by atoms with E-state index < -0.39 is 0 Å². The molecule has 2 aliphatic heterocycles. The standard InChI is InChI=1S/C24H30N6O3/c1-15-13-32-10-8-29(15)23-18-5-6-20(17-4-7-21(31-3)19(25)12-17)26-22(18)27-24(28-23)30-9-11-33-14-16(30)2/h4-7,12,15-16H,8-11,13-14,25H2,1-3H3/t15-,16-/m0/s1. The fourth-order valence-electron chi connectivity index (χ4n) is 4.45. The smallest absolute Gasteiger partial charge is 0.229 e. The first-order valence-electron chi connectivity index (χ1n) is 11.4. The highest BCUT2D eigenvalue weighted by atomic mass is 16.5. The third-order valence-corrected chi connectivity index (χ3v) is 6.32. The van der Waals surface area contributed by atoms with E-state index in [9.17, 15) is 0 Å². The summed E-state index contributed by atoms with van der Waals surface area (Å²) in [4.78, 5) is 19.4. The first kappa shape index (κ1) is 21.7. The van der Waals surface area contributed by atoms with E-state index >= 15 is 0 Å². The molecule has 0 amide bonds. The number of morpholine rings is 2. The Morgan fingerprint density at radius 1 is 0.939 bits per heavy atom. The Morgan fingerprint density at radius 3 is 2.33 bits per heavy atom. The molecule has 2 saturated heterocycles. The predicted octanol–water partition coefficient (Wildman–Crippen LogP) is 2.73. The predicted molar refractivity (Wildman–Crippen MR) is 129 cm³/mol. The van der Waals surface area contributed by atoms with Gasteiger partial charge in [-0.3, -0.25) is 0 Å². The summed E-state index contributed by atoms with van der Waals surface area (Å²) in [5.41, 5.74) is 9.10. The zero-order valence-corrected chi connectivity index (χ0v) is 19.3. The molecule has 2 aromatic heterocycles. The maximum atomic E-state index is 6.14. The molecule has 2 N–H and O–H groups in total. The van der Waals surface area contributed by atoms with Crippen LogP contribution in [0.3, 0.4) is 0 Å². The lowest BCUT2D eigenvalue weighted by atomic mass is 10.1. The van der Waals surface area contributed by atoms with Gasteiger partial charge in [-0.2, -0.15) is 9.97 Å². The number of fused-ring (bicyclic) bond motifs is 1. The van der Waals surface area contributed by atoms with Crippen LogP contribution in [0.2, 0.25) is 0 Å². The van der Waals surface area contributed by atoms with Crippen LogP contribution in [-0.4, -0.2) is 73.7 Å². The Morgan fingerprint density at radius 2 is 1.67 bits per heavy atom. The quantitative estimate of drug-likeness (QED) is 0.602. The fraction of sp³-hybridized carbons (Fsp3) is 0.458. The third-order valence-electron chi connectivity index (χ3n) is 6.32. The third kappa shape index (κ3) is 4.14. The molecule has 0 unspecified atom stereocenters. The van der Waals surface area contributed by atoms with E-state index in [1.165, 1.54) is 0 Å². The number of hydrogen-bond donors (Lipinski definition) is 1. The Labute approximate surface area is 193 Å². The highest BCUT2D eigenvalue weighted by molar-refractivity contribution is 5.90. The summed E-state index contributed by atoms with van der Waals surface area (Å²) in [6.45, 7) is 8.49. The number of benzene rings is 1. The van der Waals surface area contributed by atoms with Crippen molar-refractivity contribution in [2.24, 2.45) is 0 Å². The molecule has 9 heteroatoms. The van der Waals surface area contributed by atoms with Crippen molar-refractivity contribution in [2.75, 3.05) is 62.2 Å². The van der Waals surface area contributed by atoms with Gasteiger partial charge in [-0.25, -0.2) is 4.98 Å². The second kappa shape index (κ2) is 8.99. The van der Waals surface area contributed by atoms with Crippen molar-refractivity contribution >= 4 is 28.5 Å². The van der Waals surface area contributed by atoms with Crippen LogP contribution in [0.4, 0.5) is 17.5 Å². The molecule has 0 bridgehead atoms. The van der Waals surface area contributed by atoms with Gasteiger partial charge in [0.25, 0.3) is 0 Å². The van der Waals surface area contributed by atoms with Crippen molar-refractivity contribution in [3.05, 3.63) is 30.3 Å². The Bertz CT molecular complexity index is 1160. The maximum Gasteiger partial charge on any atom is 0.229 e. The number of rotatable bonds is 4. The number of aromatic nitrogens is 3. The molecular formula is C24H30N6O3. The Hall–Kier alpha value is -3.17. The summed E-state index contributed by atoms with van der Waals surface area (Å²) < 4.78 is 16.6. The number of ether oxygens (including phenoxy) is 3. The largest absolute Gasteiger partial charge is 0.495 e. The van der Waals surface area contributed by atoms with Crippen molar-refractivity contribution in [3.63, 3.8) is 0 Å². The van der Waals surface area contributed by atoms with E-state index in [-0.39, 0.29) is 12.1 Å². The molecule has 1 aromatic carbocycles. The second-order valence-electron chi connectivity index (χ2n) is 8.61. The minimum absolute atomic E-state index is 0.190. The molecule has 9 nitrogen and oxygen atoms in total. The monoisotopic (exact) mass is 450 g/mol. The van der Waals surface area contributed by atoms with Gasteiger partial charge >= 0.3 is 0 Å². The number of nitrogens with zero attached hydrogens (tertiary/aromatic N) is 5. The average molecular weight is 451 g/mol. The zero-order valence-electron chi connectivity index (χ0n) is 19.3. The molecule has 174 valence electrons. The summed E-state index contributed by atoms with van der Waals surface area (Å²) in [5.74, 6) is 2.23. The number of methoxy groups -OCH3 is 1. The minimum Gasteiger partial charge on any atom is -0.495 e. The lowest BCUT2D eigenvalue weighted by Crippen LogP contribution is -2.46. The van der Waals surface area contributed by atoms with Gasteiger partial charge in [0, 0.05) is 18.7 Å². The second-order valence-corrected chi connectivity index (χ2v) is 8.61. The number of anilines is 3. The van der Waals surface area contributed by atoms with E-state index in [0.717, 1.165) is 35.6 Å². The van der Waals surface area contributed by atoms with Gasteiger partial charge in [-0.15, -0.1) is 0 Å². The van der Waals surface area contributed by atoms with Crippen LogP contribution < -0.4 is 20.3 Å². The number of pyridine rings is 1. The molecule has 2 fully saturated rings. The van der Waals surface area contributed by atoms with Crippen LogP contribution in [0.25, 0.3) is 22.3 Å². The van der Waals surface area contributed by atoms with Crippen LogP contribution >= 0.6 is 0 Å².